The van der Waals surface area contributed by atoms with E-state index in [1.807, 2.05) is 75.4 Å². The van der Waals surface area contributed by atoms with Crippen LogP contribution >= 0.6 is 11.8 Å². The summed E-state index contributed by atoms with van der Waals surface area (Å²) in [6, 6.07) is 16.9. The molecule has 30 heavy (non-hydrogen) atoms. The maximum absolute atomic E-state index is 12.7. The monoisotopic (exact) mass is 425 g/mol. The summed E-state index contributed by atoms with van der Waals surface area (Å²) in [5, 5.41) is 3.49. The number of amides is 1. The van der Waals surface area contributed by atoms with Crippen molar-refractivity contribution in [1.82, 2.24) is 9.55 Å². The van der Waals surface area contributed by atoms with E-state index in [9.17, 15) is 4.79 Å². The van der Waals surface area contributed by atoms with E-state index in [-0.39, 0.29) is 11.2 Å². The lowest BCUT2D eigenvalue weighted by Gasteiger charge is -2.14. The fourth-order valence-corrected chi connectivity index (χ4v) is 3.87. The van der Waals surface area contributed by atoms with E-state index in [1.54, 1.807) is 7.11 Å². The second kappa shape index (κ2) is 10.3. The van der Waals surface area contributed by atoms with Crippen molar-refractivity contribution < 1.29 is 14.3 Å². The van der Waals surface area contributed by atoms with Crippen molar-refractivity contribution >= 4 is 23.4 Å². The molecule has 1 aromatic heterocycles. The Kier molecular flexibility index (Phi) is 7.54. The zero-order valence-electron chi connectivity index (χ0n) is 17.7. The zero-order chi connectivity index (χ0) is 21.5. The first-order valence-electron chi connectivity index (χ1n) is 9.81. The predicted octanol–water partition coefficient (Wildman–Crippen LogP) is 5.06. The molecule has 0 radical (unpaired) electrons. The highest BCUT2D eigenvalue weighted by molar-refractivity contribution is 8.00. The number of benzene rings is 2. The van der Waals surface area contributed by atoms with Crippen molar-refractivity contribution in [2.45, 2.75) is 37.7 Å². The summed E-state index contributed by atoms with van der Waals surface area (Å²) in [6.07, 6.45) is 0. The molecule has 3 aromatic rings. The van der Waals surface area contributed by atoms with E-state index in [2.05, 4.69) is 14.9 Å². The van der Waals surface area contributed by atoms with Crippen LogP contribution in [0.1, 0.15) is 18.3 Å². The number of nitrogens with one attached hydrogen (secondary N) is 1. The molecule has 1 unspecified atom stereocenters. The predicted molar refractivity (Wildman–Crippen MR) is 120 cm³/mol. The van der Waals surface area contributed by atoms with Crippen LogP contribution in [-0.2, 0) is 16.1 Å². The highest BCUT2D eigenvalue weighted by atomic mass is 32.2. The SMILES string of the molecule is COCCn1c(SC(C)C(=O)Nc2ccc(Oc3ccccc3)cc2)nc(C)c1C. The average molecular weight is 426 g/mol. The normalized spacial score (nSPS) is 11.9. The van der Waals surface area contributed by atoms with Gasteiger partial charge in [0.15, 0.2) is 5.16 Å². The maximum Gasteiger partial charge on any atom is 0.237 e. The van der Waals surface area contributed by atoms with Gasteiger partial charge in [-0.3, -0.25) is 4.79 Å². The molecular formula is C23H27N3O3S. The Morgan fingerprint density at radius 3 is 2.43 bits per heavy atom. The number of rotatable bonds is 9. The van der Waals surface area contributed by atoms with Gasteiger partial charge >= 0.3 is 0 Å². The topological polar surface area (TPSA) is 65.4 Å². The molecule has 0 saturated carbocycles. The number of aryl methyl sites for hydroxylation is 1. The van der Waals surface area contributed by atoms with Crippen molar-refractivity contribution in [2.75, 3.05) is 19.0 Å². The number of thioether (sulfide) groups is 1. The Balaban J connectivity index is 1.60. The number of anilines is 1. The summed E-state index contributed by atoms with van der Waals surface area (Å²) in [5.74, 6) is 1.41. The molecule has 0 spiro atoms. The largest absolute Gasteiger partial charge is 0.457 e. The van der Waals surface area contributed by atoms with Gasteiger partial charge < -0.3 is 19.4 Å². The van der Waals surface area contributed by atoms with Crippen molar-refractivity contribution in [1.29, 1.82) is 0 Å². The lowest BCUT2D eigenvalue weighted by molar-refractivity contribution is -0.115. The van der Waals surface area contributed by atoms with Crippen LogP contribution in [0.3, 0.4) is 0 Å². The molecule has 0 saturated heterocycles. The molecule has 6 nitrogen and oxygen atoms in total. The first-order valence-corrected chi connectivity index (χ1v) is 10.7. The van der Waals surface area contributed by atoms with Gasteiger partial charge in [0.2, 0.25) is 5.91 Å². The molecule has 158 valence electrons. The summed E-state index contributed by atoms with van der Waals surface area (Å²) < 4.78 is 13.1. The lowest BCUT2D eigenvalue weighted by atomic mass is 10.3. The van der Waals surface area contributed by atoms with Crippen molar-refractivity contribution in [2.24, 2.45) is 0 Å². The molecule has 1 atom stereocenters. The number of aromatic nitrogens is 2. The molecule has 7 heteroatoms. The molecule has 2 aromatic carbocycles. The van der Waals surface area contributed by atoms with Crippen LogP contribution in [-0.4, -0.2) is 34.4 Å². The Hall–Kier alpha value is -2.77. The average Bonchev–Trinajstić information content (AvgIpc) is 3.01. The molecule has 0 aliphatic carbocycles. The van der Waals surface area contributed by atoms with Gasteiger partial charge in [-0.15, -0.1) is 0 Å². The number of hydrogen-bond donors (Lipinski definition) is 1. The molecule has 0 aliphatic rings. The number of carbonyl (C=O) groups is 1. The minimum absolute atomic E-state index is 0.0756. The molecule has 1 heterocycles. The van der Waals surface area contributed by atoms with Gasteiger partial charge in [0.1, 0.15) is 11.5 Å². The quantitative estimate of drug-likeness (QED) is 0.486. The number of carbonyl (C=O) groups excluding carboxylic acids is 1. The number of imidazole rings is 1. The van der Waals surface area contributed by atoms with Crippen LogP contribution in [0.4, 0.5) is 5.69 Å². The number of hydrogen-bond acceptors (Lipinski definition) is 5. The van der Waals surface area contributed by atoms with Crippen LogP contribution in [0.25, 0.3) is 0 Å². The summed E-state index contributed by atoms with van der Waals surface area (Å²) in [5.41, 5.74) is 2.79. The van der Waals surface area contributed by atoms with Crippen LogP contribution in [0.2, 0.25) is 0 Å². The van der Waals surface area contributed by atoms with Gasteiger partial charge in [-0.25, -0.2) is 4.98 Å². The van der Waals surface area contributed by atoms with Crippen molar-refractivity contribution in [3.05, 3.63) is 66.0 Å². The summed E-state index contributed by atoms with van der Waals surface area (Å²) in [7, 11) is 1.68. The van der Waals surface area contributed by atoms with Crippen molar-refractivity contribution in [3.63, 3.8) is 0 Å². The van der Waals surface area contributed by atoms with E-state index in [4.69, 9.17) is 9.47 Å². The van der Waals surface area contributed by atoms with Gasteiger partial charge in [0.25, 0.3) is 0 Å². The maximum atomic E-state index is 12.7. The minimum Gasteiger partial charge on any atom is -0.457 e. The fourth-order valence-electron chi connectivity index (χ4n) is 2.85. The van der Waals surface area contributed by atoms with E-state index >= 15 is 0 Å². The Labute approximate surface area is 181 Å². The van der Waals surface area contributed by atoms with E-state index in [0.29, 0.717) is 18.9 Å². The molecule has 1 amide bonds. The first-order chi connectivity index (χ1) is 14.5. The van der Waals surface area contributed by atoms with Crippen LogP contribution in [0.15, 0.2) is 59.8 Å². The van der Waals surface area contributed by atoms with Gasteiger partial charge in [0, 0.05) is 25.0 Å². The third-order valence-corrected chi connectivity index (χ3v) is 5.78. The number of methoxy groups -OCH3 is 1. The Bertz CT molecular complexity index is 971. The first kappa shape index (κ1) is 21.9. The van der Waals surface area contributed by atoms with Gasteiger partial charge in [0.05, 0.1) is 17.6 Å². The van der Waals surface area contributed by atoms with Gasteiger partial charge in [-0.2, -0.15) is 0 Å². The molecule has 0 bridgehead atoms. The zero-order valence-corrected chi connectivity index (χ0v) is 18.5. The summed E-state index contributed by atoms with van der Waals surface area (Å²) >= 11 is 1.45. The second-order valence-corrected chi connectivity index (χ2v) is 8.21. The minimum atomic E-state index is -0.298. The number of nitrogens with zero attached hydrogens (tertiary/aromatic N) is 2. The van der Waals surface area contributed by atoms with Crippen molar-refractivity contribution in [3.8, 4) is 11.5 Å². The van der Waals surface area contributed by atoms with E-state index in [1.165, 1.54) is 11.8 Å². The highest BCUT2D eigenvalue weighted by Gasteiger charge is 2.20. The second-order valence-electron chi connectivity index (χ2n) is 6.90. The third kappa shape index (κ3) is 5.64. The number of ether oxygens (including phenoxy) is 2. The third-order valence-electron chi connectivity index (χ3n) is 4.69. The molecule has 0 aliphatic heterocycles. The van der Waals surface area contributed by atoms with Crippen LogP contribution in [0, 0.1) is 13.8 Å². The van der Waals surface area contributed by atoms with Gasteiger partial charge in [-0.05, 0) is 57.2 Å². The molecule has 3 rings (SSSR count). The molecule has 0 fully saturated rings. The van der Waals surface area contributed by atoms with E-state index < -0.39 is 0 Å². The summed E-state index contributed by atoms with van der Waals surface area (Å²) in [6.45, 7) is 7.20. The van der Waals surface area contributed by atoms with Crippen LogP contribution < -0.4 is 10.1 Å². The standard InChI is InChI=1S/C23H27N3O3S/c1-16-17(2)26(14-15-28-4)23(24-16)30-18(3)22(27)25-19-10-12-21(13-11-19)29-20-8-6-5-7-9-20/h5-13,18H,14-15H2,1-4H3,(H,25,27). The number of para-hydroxylation sites is 1. The Morgan fingerprint density at radius 1 is 1.10 bits per heavy atom. The molecular weight excluding hydrogens is 398 g/mol. The Morgan fingerprint density at radius 2 is 1.77 bits per heavy atom. The highest BCUT2D eigenvalue weighted by Crippen LogP contribution is 2.27. The van der Waals surface area contributed by atoms with Crippen LogP contribution in [0.5, 0.6) is 11.5 Å². The summed E-state index contributed by atoms with van der Waals surface area (Å²) in [4.78, 5) is 17.3. The smallest absolute Gasteiger partial charge is 0.237 e. The van der Waals surface area contributed by atoms with Gasteiger partial charge in [-0.1, -0.05) is 30.0 Å². The molecule has 1 N–H and O–H groups in total. The lowest BCUT2D eigenvalue weighted by Crippen LogP contribution is -2.23. The fraction of sp³-hybridized carbons (Fsp3) is 0.304. The van der Waals surface area contributed by atoms with E-state index in [0.717, 1.165) is 28.0 Å².